The summed E-state index contributed by atoms with van der Waals surface area (Å²) in [4.78, 5) is 30.4. The second kappa shape index (κ2) is 9.51. The number of imide groups is 1. The third-order valence-corrected chi connectivity index (χ3v) is 5.21. The molecule has 162 valence electrons. The molecule has 0 saturated carbocycles. The van der Waals surface area contributed by atoms with E-state index in [0.29, 0.717) is 49.8 Å². The Labute approximate surface area is 181 Å². The number of nitrogens with zero attached hydrogens (tertiary/aromatic N) is 2. The Hall–Kier alpha value is -3.55. The van der Waals surface area contributed by atoms with Crippen molar-refractivity contribution in [3.8, 4) is 11.5 Å². The molecule has 0 atom stereocenters. The number of carbonyl (C=O) groups excluding carboxylic acids is 2. The van der Waals surface area contributed by atoms with Gasteiger partial charge in [-0.25, -0.2) is 0 Å². The van der Waals surface area contributed by atoms with Crippen LogP contribution in [0.2, 0.25) is 0 Å². The van der Waals surface area contributed by atoms with Gasteiger partial charge in [0, 0.05) is 38.3 Å². The second-order valence-corrected chi connectivity index (χ2v) is 7.35. The Morgan fingerprint density at radius 2 is 1.71 bits per heavy atom. The van der Waals surface area contributed by atoms with E-state index in [1.54, 1.807) is 31.3 Å². The Morgan fingerprint density at radius 1 is 1.00 bits per heavy atom. The van der Waals surface area contributed by atoms with Gasteiger partial charge in [0.05, 0.1) is 24.3 Å². The summed E-state index contributed by atoms with van der Waals surface area (Å²) in [5.41, 5.74) is 1.83. The molecule has 0 unspecified atom stereocenters. The van der Waals surface area contributed by atoms with Crippen molar-refractivity contribution in [3.63, 3.8) is 0 Å². The van der Waals surface area contributed by atoms with E-state index >= 15 is 0 Å². The molecule has 31 heavy (non-hydrogen) atoms. The summed E-state index contributed by atoms with van der Waals surface area (Å²) >= 11 is 0. The zero-order chi connectivity index (χ0) is 21.6. The molecule has 0 radical (unpaired) electrons. The van der Waals surface area contributed by atoms with Crippen LogP contribution >= 0.6 is 0 Å². The van der Waals surface area contributed by atoms with Crippen LogP contribution in [0.3, 0.4) is 0 Å². The van der Waals surface area contributed by atoms with Gasteiger partial charge in [0.1, 0.15) is 0 Å². The number of guanidine groups is 1. The molecule has 2 aromatic carbocycles. The molecular formula is C23H26N4O4. The molecule has 0 fully saturated rings. The highest BCUT2D eigenvalue weighted by Gasteiger charge is 2.34. The van der Waals surface area contributed by atoms with Crippen LogP contribution in [0.4, 0.5) is 5.69 Å². The van der Waals surface area contributed by atoms with Crippen molar-refractivity contribution in [2.24, 2.45) is 4.99 Å². The lowest BCUT2D eigenvalue weighted by Crippen LogP contribution is -2.33. The minimum atomic E-state index is -0.208. The number of hydrogen-bond acceptors (Lipinski definition) is 5. The fourth-order valence-electron chi connectivity index (χ4n) is 3.60. The quantitative estimate of drug-likeness (QED) is 0.322. The van der Waals surface area contributed by atoms with Gasteiger partial charge in [-0.3, -0.25) is 19.5 Å². The predicted molar refractivity (Wildman–Crippen MR) is 118 cm³/mol. The zero-order valence-electron chi connectivity index (χ0n) is 17.5. The maximum absolute atomic E-state index is 12.4. The summed E-state index contributed by atoms with van der Waals surface area (Å²) < 4.78 is 11.4. The van der Waals surface area contributed by atoms with Crippen LogP contribution in [-0.4, -0.2) is 56.0 Å². The highest BCUT2D eigenvalue weighted by molar-refractivity contribution is 6.21. The molecule has 0 saturated heterocycles. The minimum Gasteiger partial charge on any atom is -0.490 e. The van der Waals surface area contributed by atoms with E-state index in [-0.39, 0.29) is 11.8 Å². The molecule has 0 aliphatic carbocycles. The van der Waals surface area contributed by atoms with Gasteiger partial charge in [-0.15, -0.1) is 0 Å². The van der Waals surface area contributed by atoms with Crippen LogP contribution in [-0.2, 0) is 0 Å². The lowest BCUT2D eigenvalue weighted by Gasteiger charge is -2.15. The first kappa shape index (κ1) is 20.7. The summed E-state index contributed by atoms with van der Waals surface area (Å²) in [5, 5.41) is 6.50. The number of hydrogen-bond donors (Lipinski definition) is 2. The predicted octanol–water partition coefficient (Wildman–Crippen LogP) is 2.91. The molecule has 0 bridgehead atoms. The van der Waals surface area contributed by atoms with Crippen LogP contribution in [0.25, 0.3) is 0 Å². The number of anilines is 1. The third-order valence-electron chi connectivity index (χ3n) is 5.21. The van der Waals surface area contributed by atoms with E-state index in [2.05, 4.69) is 15.6 Å². The first-order valence-corrected chi connectivity index (χ1v) is 10.5. The van der Waals surface area contributed by atoms with Crippen LogP contribution in [0.5, 0.6) is 11.5 Å². The molecule has 2 aliphatic rings. The van der Waals surface area contributed by atoms with Gasteiger partial charge in [-0.2, -0.15) is 0 Å². The fraction of sp³-hybridized carbons (Fsp3) is 0.348. The monoisotopic (exact) mass is 422 g/mol. The molecule has 8 heteroatoms. The molecule has 0 aromatic heterocycles. The molecule has 2 N–H and O–H groups in total. The highest BCUT2D eigenvalue weighted by atomic mass is 16.5. The summed E-state index contributed by atoms with van der Waals surface area (Å²) in [6, 6.07) is 12.7. The molecule has 0 spiro atoms. The van der Waals surface area contributed by atoms with Crippen molar-refractivity contribution < 1.29 is 19.1 Å². The van der Waals surface area contributed by atoms with Gasteiger partial charge in [0.25, 0.3) is 11.8 Å². The Balaban J connectivity index is 1.23. The minimum absolute atomic E-state index is 0.208. The largest absolute Gasteiger partial charge is 0.490 e. The standard InChI is InChI=1S/C23H26N4O4/c1-24-23(26-16-9-10-19-20(15-16)31-14-6-13-30-19)25-11-4-5-12-27-21(28)17-7-2-3-8-18(17)22(27)29/h2-3,7-10,15H,4-6,11-14H2,1H3,(H2,24,25,26). The van der Waals surface area contributed by atoms with Crippen LogP contribution in [0.15, 0.2) is 47.5 Å². The van der Waals surface area contributed by atoms with Crippen molar-refractivity contribution in [3.05, 3.63) is 53.6 Å². The fourth-order valence-corrected chi connectivity index (χ4v) is 3.60. The van der Waals surface area contributed by atoms with E-state index in [4.69, 9.17) is 9.47 Å². The van der Waals surface area contributed by atoms with Crippen molar-refractivity contribution in [1.29, 1.82) is 0 Å². The summed E-state index contributed by atoms with van der Waals surface area (Å²) in [6.45, 7) is 2.36. The molecule has 2 amide bonds. The summed E-state index contributed by atoms with van der Waals surface area (Å²) in [5.74, 6) is 1.69. The number of aliphatic imine (C=N–C) groups is 1. The number of unbranched alkanes of at least 4 members (excludes halogenated alkanes) is 1. The SMILES string of the molecule is CN=C(NCCCCN1C(=O)c2ccccc2C1=O)Nc1ccc2c(c1)OCCCO2. The van der Waals surface area contributed by atoms with Gasteiger partial charge >= 0.3 is 0 Å². The maximum Gasteiger partial charge on any atom is 0.261 e. The Kier molecular flexibility index (Phi) is 6.35. The number of rotatable bonds is 6. The van der Waals surface area contributed by atoms with Crippen LogP contribution in [0, 0.1) is 0 Å². The number of nitrogens with one attached hydrogen (secondary N) is 2. The average Bonchev–Trinajstić information content (AvgIpc) is 2.94. The second-order valence-electron chi connectivity index (χ2n) is 7.35. The van der Waals surface area contributed by atoms with E-state index in [9.17, 15) is 9.59 Å². The van der Waals surface area contributed by atoms with E-state index in [1.165, 1.54) is 4.90 Å². The van der Waals surface area contributed by atoms with Gasteiger partial charge in [-0.05, 0) is 37.1 Å². The van der Waals surface area contributed by atoms with Crippen molar-refractivity contribution >= 4 is 23.5 Å². The number of amides is 2. The summed E-state index contributed by atoms with van der Waals surface area (Å²) in [7, 11) is 1.71. The van der Waals surface area contributed by atoms with Gasteiger partial charge in [-0.1, -0.05) is 12.1 Å². The number of ether oxygens (including phenoxy) is 2. The van der Waals surface area contributed by atoms with Crippen LogP contribution < -0.4 is 20.1 Å². The zero-order valence-corrected chi connectivity index (χ0v) is 17.5. The molecule has 2 aromatic rings. The van der Waals surface area contributed by atoms with E-state index < -0.39 is 0 Å². The van der Waals surface area contributed by atoms with E-state index in [0.717, 1.165) is 30.0 Å². The molecule has 2 aliphatic heterocycles. The lowest BCUT2D eigenvalue weighted by molar-refractivity contribution is 0.0652. The molecule has 8 nitrogen and oxygen atoms in total. The number of fused-ring (bicyclic) bond motifs is 2. The van der Waals surface area contributed by atoms with Crippen molar-refractivity contribution in [1.82, 2.24) is 10.2 Å². The van der Waals surface area contributed by atoms with E-state index in [1.807, 2.05) is 18.2 Å². The Morgan fingerprint density at radius 3 is 2.42 bits per heavy atom. The lowest BCUT2D eigenvalue weighted by atomic mass is 10.1. The van der Waals surface area contributed by atoms with Crippen LogP contribution in [0.1, 0.15) is 40.0 Å². The van der Waals surface area contributed by atoms with Gasteiger partial charge < -0.3 is 20.1 Å². The highest BCUT2D eigenvalue weighted by Crippen LogP contribution is 2.32. The summed E-state index contributed by atoms with van der Waals surface area (Å²) in [6.07, 6.45) is 2.36. The molecule has 2 heterocycles. The van der Waals surface area contributed by atoms with Gasteiger partial charge in [0.15, 0.2) is 17.5 Å². The number of carbonyl (C=O) groups is 2. The molecule has 4 rings (SSSR count). The topological polar surface area (TPSA) is 92.3 Å². The molecular weight excluding hydrogens is 396 g/mol. The smallest absolute Gasteiger partial charge is 0.261 e. The first-order chi connectivity index (χ1) is 15.2. The van der Waals surface area contributed by atoms with Crippen molar-refractivity contribution in [2.45, 2.75) is 19.3 Å². The normalized spacial score (nSPS) is 15.5. The van der Waals surface area contributed by atoms with Gasteiger partial charge in [0.2, 0.25) is 0 Å². The number of benzene rings is 2. The van der Waals surface area contributed by atoms with Crippen molar-refractivity contribution in [2.75, 3.05) is 38.7 Å². The maximum atomic E-state index is 12.4. The average molecular weight is 422 g/mol. The third kappa shape index (κ3) is 4.63. The Bertz CT molecular complexity index is 970. The first-order valence-electron chi connectivity index (χ1n) is 10.5.